The van der Waals surface area contributed by atoms with E-state index in [4.69, 9.17) is 0 Å². The first-order valence-corrected chi connectivity index (χ1v) is 7.48. The second kappa shape index (κ2) is 6.15. The summed E-state index contributed by atoms with van der Waals surface area (Å²) in [7, 11) is -2.39. The number of nitrogens with zero attached hydrogens (tertiary/aromatic N) is 1. The topological polar surface area (TPSA) is 71.1 Å². The number of sulfonamides is 1. The van der Waals surface area contributed by atoms with E-state index in [1.807, 2.05) is 0 Å². The molecule has 1 aromatic carbocycles. The number of hydrogen-bond donors (Lipinski definition) is 2. The van der Waals surface area contributed by atoms with E-state index in [2.05, 4.69) is 15.0 Å². The summed E-state index contributed by atoms with van der Waals surface area (Å²) in [5.41, 5.74) is 0.227. The molecule has 0 fully saturated rings. The Morgan fingerprint density at radius 3 is 2.71 bits per heavy atom. The Morgan fingerprint density at radius 2 is 2.00 bits per heavy atom. The van der Waals surface area contributed by atoms with Crippen molar-refractivity contribution in [3.8, 4) is 0 Å². The number of halogens is 2. The van der Waals surface area contributed by atoms with Crippen LogP contribution in [0, 0.1) is 11.6 Å². The Hall–Kier alpha value is -2.06. The summed E-state index contributed by atoms with van der Waals surface area (Å²) < 4.78 is 53.0. The molecule has 21 heavy (non-hydrogen) atoms. The number of nitrogens with one attached hydrogen (secondary N) is 2. The fraction of sp³-hybridized carbons (Fsp3) is 0.154. The monoisotopic (exact) mass is 313 g/mol. The summed E-state index contributed by atoms with van der Waals surface area (Å²) >= 11 is 0. The van der Waals surface area contributed by atoms with Crippen LogP contribution in [-0.2, 0) is 16.6 Å². The smallest absolute Gasteiger partial charge is 0.260 e. The lowest BCUT2D eigenvalue weighted by molar-refractivity contribution is 0.565. The molecule has 1 heterocycles. The highest BCUT2D eigenvalue weighted by Gasteiger charge is 2.20. The predicted molar refractivity (Wildman–Crippen MR) is 74.2 cm³/mol. The van der Waals surface area contributed by atoms with Gasteiger partial charge in [0.2, 0.25) is 0 Å². The van der Waals surface area contributed by atoms with Gasteiger partial charge in [0.05, 0.1) is 5.69 Å². The molecule has 1 aromatic heterocycles. The summed E-state index contributed by atoms with van der Waals surface area (Å²) in [4.78, 5) is 3.79. The van der Waals surface area contributed by atoms with Crippen molar-refractivity contribution >= 4 is 15.7 Å². The largest absolute Gasteiger partial charge is 0.386 e. The molecule has 0 atom stereocenters. The number of benzene rings is 1. The normalized spacial score (nSPS) is 11.4. The fourth-order valence-corrected chi connectivity index (χ4v) is 2.86. The molecule has 112 valence electrons. The van der Waals surface area contributed by atoms with Crippen molar-refractivity contribution in [1.82, 2.24) is 9.71 Å². The highest BCUT2D eigenvalue weighted by atomic mass is 32.2. The Balaban J connectivity index is 2.24. The minimum atomic E-state index is -3.94. The fourth-order valence-electron chi connectivity index (χ4n) is 1.72. The SMILES string of the molecule is CNc1cccnc1S(=O)(=O)NCc1cc(F)ccc1F. The van der Waals surface area contributed by atoms with Gasteiger partial charge in [0, 0.05) is 25.4 Å². The number of aromatic nitrogens is 1. The van der Waals surface area contributed by atoms with Crippen LogP contribution >= 0.6 is 0 Å². The molecule has 0 spiro atoms. The van der Waals surface area contributed by atoms with E-state index in [0.29, 0.717) is 5.69 Å². The average molecular weight is 313 g/mol. The van der Waals surface area contributed by atoms with Gasteiger partial charge in [-0.2, -0.15) is 0 Å². The second-order valence-corrected chi connectivity index (χ2v) is 5.85. The van der Waals surface area contributed by atoms with Gasteiger partial charge in [-0.15, -0.1) is 0 Å². The van der Waals surface area contributed by atoms with Crippen molar-refractivity contribution in [1.29, 1.82) is 0 Å². The van der Waals surface area contributed by atoms with Gasteiger partial charge in [-0.05, 0) is 30.3 Å². The van der Waals surface area contributed by atoms with Gasteiger partial charge in [0.25, 0.3) is 10.0 Å². The summed E-state index contributed by atoms with van der Waals surface area (Å²) in [5, 5.41) is 2.50. The number of rotatable bonds is 5. The zero-order chi connectivity index (χ0) is 15.5. The predicted octanol–water partition coefficient (Wildman–Crippen LogP) is 1.88. The Morgan fingerprint density at radius 1 is 1.24 bits per heavy atom. The first kappa shape index (κ1) is 15.3. The highest BCUT2D eigenvalue weighted by Crippen LogP contribution is 2.18. The van der Waals surface area contributed by atoms with Gasteiger partial charge in [-0.1, -0.05) is 0 Å². The molecule has 8 heteroatoms. The molecule has 0 saturated heterocycles. The summed E-state index contributed by atoms with van der Waals surface area (Å²) in [6.45, 7) is -0.369. The lowest BCUT2D eigenvalue weighted by Gasteiger charge is -2.10. The van der Waals surface area contributed by atoms with E-state index in [9.17, 15) is 17.2 Å². The van der Waals surface area contributed by atoms with E-state index in [1.54, 1.807) is 19.2 Å². The molecule has 0 saturated carbocycles. The third-order valence-electron chi connectivity index (χ3n) is 2.76. The molecule has 0 unspecified atom stereocenters. The first-order chi connectivity index (χ1) is 9.94. The lowest BCUT2D eigenvalue weighted by Crippen LogP contribution is -2.25. The molecule has 0 amide bonds. The van der Waals surface area contributed by atoms with Crippen LogP contribution in [0.5, 0.6) is 0 Å². The van der Waals surface area contributed by atoms with Crippen LogP contribution in [-0.4, -0.2) is 20.4 Å². The standard InChI is InChI=1S/C13H13F2N3O2S/c1-16-12-3-2-6-17-13(12)21(19,20)18-8-9-7-10(14)4-5-11(9)15/h2-7,16,18H,8H2,1H3. The van der Waals surface area contributed by atoms with E-state index in [-0.39, 0.29) is 17.1 Å². The second-order valence-electron chi connectivity index (χ2n) is 4.17. The van der Waals surface area contributed by atoms with Crippen LogP contribution in [0.3, 0.4) is 0 Å². The van der Waals surface area contributed by atoms with Crippen molar-refractivity contribution in [2.24, 2.45) is 0 Å². The zero-order valence-electron chi connectivity index (χ0n) is 11.1. The molecule has 2 aromatic rings. The molecule has 0 radical (unpaired) electrons. The maximum absolute atomic E-state index is 13.5. The first-order valence-electron chi connectivity index (χ1n) is 6.00. The summed E-state index contributed by atoms with van der Waals surface area (Å²) in [5.74, 6) is -1.33. The van der Waals surface area contributed by atoms with Gasteiger partial charge in [-0.25, -0.2) is 26.9 Å². The maximum Gasteiger partial charge on any atom is 0.260 e. The van der Waals surface area contributed by atoms with Gasteiger partial charge >= 0.3 is 0 Å². The Bertz CT molecular complexity index is 751. The quantitative estimate of drug-likeness (QED) is 0.884. The minimum Gasteiger partial charge on any atom is -0.386 e. The van der Waals surface area contributed by atoms with Gasteiger partial charge in [-0.3, -0.25) is 0 Å². The molecule has 0 aliphatic heterocycles. The Labute approximate surface area is 121 Å². The third kappa shape index (κ3) is 3.53. The molecule has 2 rings (SSSR count). The Kier molecular flexibility index (Phi) is 4.49. The van der Waals surface area contributed by atoms with E-state index < -0.39 is 21.7 Å². The number of anilines is 1. The van der Waals surface area contributed by atoms with Crippen molar-refractivity contribution in [3.63, 3.8) is 0 Å². The van der Waals surface area contributed by atoms with E-state index in [1.165, 1.54) is 6.20 Å². The average Bonchev–Trinajstić information content (AvgIpc) is 2.48. The highest BCUT2D eigenvalue weighted by molar-refractivity contribution is 7.89. The molecule has 2 N–H and O–H groups in total. The molecule has 0 aliphatic carbocycles. The van der Waals surface area contributed by atoms with Crippen molar-refractivity contribution in [2.75, 3.05) is 12.4 Å². The molecular weight excluding hydrogens is 300 g/mol. The van der Waals surface area contributed by atoms with Gasteiger partial charge in [0.1, 0.15) is 11.6 Å². The van der Waals surface area contributed by atoms with Crippen LogP contribution < -0.4 is 10.0 Å². The third-order valence-corrected chi connectivity index (χ3v) is 4.11. The van der Waals surface area contributed by atoms with E-state index in [0.717, 1.165) is 18.2 Å². The molecular formula is C13H13F2N3O2S. The van der Waals surface area contributed by atoms with Crippen LogP contribution in [0.2, 0.25) is 0 Å². The molecule has 0 bridgehead atoms. The summed E-state index contributed by atoms with van der Waals surface area (Å²) in [6.07, 6.45) is 1.33. The number of hydrogen-bond acceptors (Lipinski definition) is 4. The maximum atomic E-state index is 13.5. The zero-order valence-corrected chi connectivity index (χ0v) is 11.9. The number of pyridine rings is 1. The van der Waals surface area contributed by atoms with Crippen LogP contribution in [0.1, 0.15) is 5.56 Å². The van der Waals surface area contributed by atoms with Crippen molar-refractivity contribution in [2.45, 2.75) is 11.6 Å². The summed E-state index contributed by atoms with van der Waals surface area (Å²) in [6, 6.07) is 5.97. The van der Waals surface area contributed by atoms with Gasteiger partial charge < -0.3 is 5.32 Å². The van der Waals surface area contributed by atoms with Crippen LogP contribution in [0.4, 0.5) is 14.5 Å². The minimum absolute atomic E-state index is 0.0829. The molecule has 0 aliphatic rings. The van der Waals surface area contributed by atoms with Crippen molar-refractivity contribution in [3.05, 3.63) is 53.7 Å². The molecule has 5 nitrogen and oxygen atoms in total. The van der Waals surface area contributed by atoms with Crippen LogP contribution in [0.15, 0.2) is 41.6 Å². The van der Waals surface area contributed by atoms with Gasteiger partial charge in [0.15, 0.2) is 5.03 Å². The van der Waals surface area contributed by atoms with Crippen LogP contribution in [0.25, 0.3) is 0 Å². The van der Waals surface area contributed by atoms with Crippen molar-refractivity contribution < 1.29 is 17.2 Å². The van der Waals surface area contributed by atoms with E-state index >= 15 is 0 Å². The lowest BCUT2D eigenvalue weighted by atomic mass is 10.2.